The first-order valence-corrected chi connectivity index (χ1v) is 6.31. The quantitative estimate of drug-likeness (QED) is 0.752. The van der Waals surface area contributed by atoms with Gasteiger partial charge in [-0.15, -0.1) is 0 Å². The first-order chi connectivity index (χ1) is 8.48. The van der Waals surface area contributed by atoms with Crippen LogP contribution in [-0.2, 0) is 4.79 Å². The monoisotopic (exact) mass is 248 g/mol. The second kappa shape index (κ2) is 4.92. The first kappa shape index (κ1) is 12.8. The lowest BCUT2D eigenvalue weighted by Gasteiger charge is -2.34. The minimum atomic E-state index is -0.120. The summed E-state index contributed by atoms with van der Waals surface area (Å²) in [6.45, 7) is 8.19. The molecule has 0 N–H and O–H groups in total. The number of carbonyl (C=O) groups excluding carboxylic acids is 1. The van der Waals surface area contributed by atoms with Crippen molar-refractivity contribution < 1.29 is 4.79 Å². The van der Waals surface area contributed by atoms with Gasteiger partial charge in [-0.1, -0.05) is 0 Å². The van der Waals surface area contributed by atoms with Crippen molar-refractivity contribution in [3.05, 3.63) is 18.5 Å². The topological polar surface area (TPSA) is 49.3 Å². The fraction of sp³-hybridized carbons (Fsp3) is 0.615. The molecular weight excluding hydrogens is 228 g/mol. The lowest BCUT2D eigenvalue weighted by Crippen LogP contribution is -2.47. The SMILES string of the molecule is CC(C)(C)N1CCCN(c2ncccn2)CC1=O. The number of anilines is 1. The van der Waals surface area contributed by atoms with Gasteiger partial charge in [0, 0.05) is 31.0 Å². The Morgan fingerprint density at radius 2 is 1.83 bits per heavy atom. The summed E-state index contributed by atoms with van der Waals surface area (Å²) in [5.41, 5.74) is -0.120. The van der Waals surface area contributed by atoms with Crippen molar-refractivity contribution >= 4 is 11.9 Å². The van der Waals surface area contributed by atoms with Crippen LogP contribution in [0.3, 0.4) is 0 Å². The molecule has 5 heteroatoms. The molecular formula is C13H20N4O. The van der Waals surface area contributed by atoms with Gasteiger partial charge in [0.25, 0.3) is 0 Å². The Bertz CT molecular complexity index is 413. The normalized spacial score (nSPS) is 17.8. The van der Waals surface area contributed by atoms with E-state index in [0.29, 0.717) is 12.5 Å². The van der Waals surface area contributed by atoms with Gasteiger partial charge in [-0.05, 0) is 33.3 Å². The van der Waals surface area contributed by atoms with Crippen LogP contribution in [0.2, 0.25) is 0 Å². The molecule has 0 radical (unpaired) electrons. The van der Waals surface area contributed by atoms with Crippen molar-refractivity contribution in [3.63, 3.8) is 0 Å². The molecule has 1 aliphatic rings. The van der Waals surface area contributed by atoms with Gasteiger partial charge in [-0.3, -0.25) is 4.79 Å². The number of carbonyl (C=O) groups is 1. The van der Waals surface area contributed by atoms with Gasteiger partial charge >= 0.3 is 0 Å². The standard InChI is InChI=1S/C13H20N4O/c1-13(2,3)17-9-5-8-16(10-11(17)18)12-14-6-4-7-15-12/h4,6-7H,5,8-10H2,1-3H3. The molecule has 0 bridgehead atoms. The van der Waals surface area contributed by atoms with Crippen molar-refractivity contribution in [1.29, 1.82) is 0 Å². The van der Waals surface area contributed by atoms with Gasteiger partial charge in [-0.2, -0.15) is 0 Å². The molecule has 0 aliphatic carbocycles. The second-order valence-electron chi connectivity index (χ2n) is 5.54. The maximum atomic E-state index is 12.3. The van der Waals surface area contributed by atoms with Gasteiger partial charge in [-0.25, -0.2) is 9.97 Å². The van der Waals surface area contributed by atoms with Gasteiger partial charge in [0.05, 0.1) is 6.54 Å². The number of hydrogen-bond donors (Lipinski definition) is 0. The van der Waals surface area contributed by atoms with Crippen LogP contribution < -0.4 is 4.90 Å². The van der Waals surface area contributed by atoms with E-state index in [1.165, 1.54) is 0 Å². The minimum absolute atomic E-state index is 0.120. The van der Waals surface area contributed by atoms with E-state index in [4.69, 9.17) is 0 Å². The summed E-state index contributed by atoms with van der Waals surface area (Å²) in [6.07, 6.45) is 4.36. The number of nitrogens with zero attached hydrogens (tertiary/aromatic N) is 4. The predicted octanol–water partition coefficient (Wildman–Crippen LogP) is 1.31. The molecule has 0 unspecified atom stereocenters. The van der Waals surface area contributed by atoms with Crippen molar-refractivity contribution in [2.75, 3.05) is 24.5 Å². The molecule has 2 rings (SSSR count). The van der Waals surface area contributed by atoms with Gasteiger partial charge in [0.2, 0.25) is 11.9 Å². The zero-order valence-corrected chi connectivity index (χ0v) is 11.3. The maximum absolute atomic E-state index is 12.3. The molecule has 98 valence electrons. The predicted molar refractivity (Wildman–Crippen MR) is 70.3 cm³/mol. The third-order valence-electron chi connectivity index (χ3n) is 3.08. The summed E-state index contributed by atoms with van der Waals surface area (Å²) in [5.74, 6) is 0.786. The Morgan fingerprint density at radius 1 is 1.17 bits per heavy atom. The fourth-order valence-corrected chi connectivity index (χ4v) is 2.21. The van der Waals surface area contributed by atoms with Crippen LogP contribution in [0, 0.1) is 0 Å². The van der Waals surface area contributed by atoms with E-state index in [-0.39, 0.29) is 11.4 Å². The highest BCUT2D eigenvalue weighted by Crippen LogP contribution is 2.18. The average Bonchev–Trinajstić information content (AvgIpc) is 2.51. The van der Waals surface area contributed by atoms with Crippen molar-refractivity contribution in [2.24, 2.45) is 0 Å². The van der Waals surface area contributed by atoms with Gasteiger partial charge in [0.15, 0.2) is 0 Å². The molecule has 1 aromatic heterocycles. The lowest BCUT2D eigenvalue weighted by molar-refractivity contribution is -0.133. The number of hydrogen-bond acceptors (Lipinski definition) is 4. The van der Waals surface area contributed by atoms with Crippen molar-refractivity contribution in [2.45, 2.75) is 32.7 Å². The fourth-order valence-electron chi connectivity index (χ4n) is 2.21. The second-order valence-corrected chi connectivity index (χ2v) is 5.54. The van der Waals surface area contributed by atoms with Gasteiger partial charge in [0.1, 0.15) is 0 Å². The van der Waals surface area contributed by atoms with Crippen LogP contribution >= 0.6 is 0 Å². The third-order valence-corrected chi connectivity index (χ3v) is 3.08. The van der Waals surface area contributed by atoms with E-state index in [0.717, 1.165) is 19.5 Å². The van der Waals surface area contributed by atoms with Crippen molar-refractivity contribution in [1.82, 2.24) is 14.9 Å². The molecule has 1 aliphatic heterocycles. The molecule has 0 saturated carbocycles. The number of rotatable bonds is 1. The summed E-state index contributed by atoms with van der Waals surface area (Å²) in [4.78, 5) is 24.6. The third kappa shape index (κ3) is 2.78. The van der Waals surface area contributed by atoms with Crippen LogP contribution in [0.1, 0.15) is 27.2 Å². The molecule has 0 spiro atoms. The average molecular weight is 248 g/mol. The Labute approximate surface area is 108 Å². The highest BCUT2D eigenvalue weighted by Gasteiger charge is 2.30. The molecule has 0 atom stereocenters. The smallest absolute Gasteiger partial charge is 0.242 e. The van der Waals surface area contributed by atoms with Crippen LogP contribution in [0.25, 0.3) is 0 Å². The van der Waals surface area contributed by atoms with E-state index in [2.05, 4.69) is 30.7 Å². The Balaban J connectivity index is 2.14. The van der Waals surface area contributed by atoms with Crippen LogP contribution in [0.5, 0.6) is 0 Å². The highest BCUT2D eigenvalue weighted by atomic mass is 16.2. The van der Waals surface area contributed by atoms with E-state index in [1.54, 1.807) is 18.5 Å². The molecule has 1 fully saturated rings. The highest BCUT2D eigenvalue weighted by molar-refractivity contribution is 5.82. The van der Waals surface area contributed by atoms with Crippen LogP contribution in [0.4, 0.5) is 5.95 Å². The molecule has 1 aromatic rings. The van der Waals surface area contributed by atoms with E-state index >= 15 is 0 Å². The minimum Gasteiger partial charge on any atom is -0.336 e. The zero-order valence-electron chi connectivity index (χ0n) is 11.3. The van der Waals surface area contributed by atoms with E-state index in [9.17, 15) is 4.79 Å². The summed E-state index contributed by atoms with van der Waals surface area (Å²) in [6, 6.07) is 1.78. The summed E-state index contributed by atoms with van der Waals surface area (Å²) >= 11 is 0. The maximum Gasteiger partial charge on any atom is 0.242 e. The summed E-state index contributed by atoms with van der Waals surface area (Å²) in [7, 11) is 0. The number of aromatic nitrogens is 2. The van der Waals surface area contributed by atoms with Gasteiger partial charge < -0.3 is 9.80 Å². The summed E-state index contributed by atoms with van der Waals surface area (Å²) < 4.78 is 0. The molecule has 5 nitrogen and oxygen atoms in total. The van der Waals surface area contributed by atoms with Crippen LogP contribution in [-0.4, -0.2) is 45.9 Å². The first-order valence-electron chi connectivity index (χ1n) is 6.31. The Hall–Kier alpha value is -1.65. The largest absolute Gasteiger partial charge is 0.336 e. The molecule has 1 amide bonds. The molecule has 18 heavy (non-hydrogen) atoms. The Kier molecular flexibility index (Phi) is 3.50. The van der Waals surface area contributed by atoms with E-state index in [1.807, 2.05) is 9.80 Å². The number of amides is 1. The Morgan fingerprint density at radius 3 is 2.44 bits per heavy atom. The molecule has 1 saturated heterocycles. The van der Waals surface area contributed by atoms with E-state index < -0.39 is 0 Å². The van der Waals surface area contributed by atoms with Crippen LogP contribution in [0.15, 0.2) is 18.5 Å². The lowest BCUT2D eigenvalue weighted by atomic mass is 10.1. The zero-order chi connectivity index (χ0) is 13.2. The molecule has 0 aromatic carbocycles. The van der Waals surface area contributed by atoms with Crippen molar-refractivity contribution in [3.8, 4) is 0 Å². The summed E-state index contributed by atoms with van der Waals surface area (Å²) in [5, 5.41) is 0. The molecule has 2 heterocycles.